The van der Waals surface area contributed by atoms with Crippen LogP contribution in [0.2, 0.25) is 0 Å². The highest BCUT2D eigenvalue weighted by Gasteiger charge is 2.14. The first kappa shape index (κ1) is 12.3. The Morgan fingerprint density at radius 1 is 0.826 bits per heavy atom. The van der Waals surface area contributed by atoms with E-state index in [1.165, 1.54) is 0 Å². The minimum absolute atomic E-state index is 0.799. The Kier molecular flexibility index (Phi) is 2.46. The van der Waals surface area contributed by atoms with Crippen LogP contribution in [0.15, 0.2) is 71.5 Å². The van der Waals surface area contributed by atoms with E-state index in [0.717, 1.165) is 44.2 Å². The summed E-state index contributed by atoms with van der Waals surface area (Å²) in [5.74, 6) is 0. The zero-order valence-electron chi connectivity index (χ0n) is 12.1. The van der Waals surface area contributed by atoms with Crippen LogP contribution in [-0.2, 0) is 0 Å². The van der Waals surface area contributed by atoms with Crippen molar-refractivity contribution in [2.45, 2.75) is 0 Å². The van der Waals surface area contributed by atoms with Gasteiger partial charge in [-0.25, -0.2) is 4.98 Å². The van der Waals surface area contributed by atoms with Gasteiger partial charge in [-0.1, -0.05) is 24.3 Å². The lowest BCUT2D eigenvalue weighted by molar-refractivity contribution is 0.668. The molecule has 0 aliphatic carbocycles. The molecule has 5 rings (SSSR count). The second-order valence-corrected chi connectivity index (χ2v) is 5.40. The van der Waals surface area contributed by atoms with E-state index in [9.17, 15) is 0 Å². The van der Waals surface area contributed by atoms with Gasteiger partial charge in [0.2, 0.25) is 0 Å². The zero-order chi connectivity index (χ0) is 15.2. The molecule has 0 saturated heterocycles. The largest absolute Gasteiger partial charge is 0.456 e. The number of nitrogens with zero attached hydrogens (tertiary/aromatic N) is 3. The number of furan rings is 1. The maximum Gasteiger partial charge on any atom is 0.139 e. The molecule has 0 fully saturated rings. The van der Waals surface area contributed by atoms with Gasteiger partial charge < -0.3 is 4.42 Å². The molecule has 0 bridgehead atoms. The Morgan fingerprint density at radius 3 is 2.74 bits per heavy atom. The van der Waals surface area contributed by atoms with Crippen LogP contribution < -0.4 is 0 Å². The summed E-state index contributed by atoms with van der Waals surface area (Å²) < 4.78 is 5.89. The van der Waals surface area contributed by atoms with Crippen molar-refractivity contribution in [2.75, 3.05) is 0 Å². The molecule has 4 heteroatoms. The fraction of sp³-hybridized carbons (Fsp3) is 0. The van der Waals surface area contributed by atoms with E-state index in [0.29, 0.717) is 0 Å². The predicted molar refractivity (Wildman–Crippen MR) is 90.0 cm³/mol. The lowest BCUT2D eigenvalue weighted by atomic mass is 10.1. The van der Waals surface area contributed by atoms with Crippen molar-refractivity contribution < 1.29 is 4.42 Å². The van der Waals surface area contributed by atoms with Crippen LogP contribution >= 0.6 is 0 Å². The number of benzene rings is 1. The number of aromatic nitrogens is 3. The van der Waals surface area contributed by atoms with Crippen molar-refractivity contribution in [2.24, 2.45) is 0 Å². The van der Waals surface area contributed by atoms with Crippen molar-refractivity contribution in [1.29, 1.82) is 0 Å². The van der Waals surface area contributed by atoms with Gasteiger partial charge in [0.15, 0.2) is 0 Å². The molecule has 0 amide bonds. The smallest absolute Gasteiger partial charge is 0.139 e. The fourth-order valence-electron chi connectivity index (χ4n) is 2.96. The third-order valence-electron chi connectivity index (χ3n) is 4.02. The molecule has 1 aromatic carbocycles. The maximum atomic E-state index is 5.89. The Labute approximate surface area is 131 Å². The van der Waals surface area contributed by atoms with E-state index in [1.807, 2.05) is 42.6 Å². The van der Waals surface area contributed by atoms with Gasteiger partial charge >= 0.3 is 0 Å². The second kappa shape index (κ2) is 4.61. The van der Waals surface area contributed by atoms with Crippen molar-refractivity contribution >= 4 is 32.8 Å². The zero-order valence-corrected chi connectivity index (χ0v) is 12.1. The third-order valence-corrected chi connectivity index (χ3v) is 4.02. The summed E-state index contributed by atoms with van der Waals surface area (Å²) in [6.07, 6.45) is 5.30. The van der Waals surface area contributed by atoms with Gasteiger partial charge in [0.1, 0.15) is 16.9 Å². The molecule has 0 saturated carbocycles. The summed E-state index contributed by atoms with van der Waals surface area (Å²) in [6, 6.07) is 15.9. The number of hydrogen-bond acceptors (Lipinski definition) is 4. The van der Waals surface area contributed by atoms with Crippen molar-refractivity contribution in [3.05, 3.63) is 67.1 Å². The molecule has 0 radical (unpaired) electrons. The minimum Gasteiger partial charge on any atom is -0.456 e. The first-order valence-corrected chi connectivity index (χ1v) is 7.37. The summed E-state index contributed by atoms with van der Waals surface area (Å²) >= 11 is 0. The molecule has 108 valence electrons. The van der Waals surface area contributed by atoms with Crippen LogP contribution in [0.25, 0.3) is 44.2 Å². The summed E-state index contributed by atoms with van der Waals surface area (Å²) in [4.78, 5) is 13.5. The predicted octanol–water partition coefficient (Wildman–Crippen LogP) is 4.59. The molecule has 4 aromatic heterocycles. The summed E-state index contributed by atoms with van der Waals surface area (Å²) in [7, 11) is 0. The average Bonchev–Trinajstić information content (AvgIpc) is 3.00. The topological polar surface area (TPSA) is 51.8 Å². The monoisotopic (exact) mass is 297 g/mol. The van der Waals surface area contributed by atoms with Crippen molar-refractivity contribution in [3.8, 4) is 11.4 Å². The molecule has 0 unspecified atom stereocenters. The van der Waals surface area contributed by atoms with E-state index >= 15 is 0 Å². The third kappa shape index (κ3) is 1.82. The number of pyridine rings is 3. The van der Waals surface area contributed by atoms with Crippen LogP contribution in [0, 0.1) is 0 Å². The number of hydrogen-bond donors (Lipinski definition) is 0. The highest BCUT2D eigenvalue weighted by Crippen LogP contribution is 2.34. The Hall–Kier alpha value is -3.27. The summed E-state index contributed by atoms with van der Waals surface area (Å²) in [5, 5.41) is 3.03. The molecule has 0 aliphatic rings. The highest BCUT2D eigenvalue weighted by atomic mass is 16.3. The first-order valence-electron chi connectivity index (χ1n) is 7.37. The van der Waals surface area contributed by atoms with Gasteiger partial charge in [-0.15, -0.1) is 0 Å². The van der Waals surface area contributed by atoms with Gasteiger partial charge in [-0.05, 0) is 24.3 Å². The van der Waals surface area contributed by atoms with Crippen LogP contribution in [0.5, 0.6) is 0 Å². The quantitative estimate of drug-likeness (QED) is 0.454. The molecule has 5 aromatic rings. The van der Waals surface area contributed by atoms with Crippen molar-refractivity contribution in [1.82, 2.24) is 15.0 Å². The fourth-order valence-corrected chi connectivity index (χ4v) is 2.96. The summed E-state index contributed by atoms with van der Waals surface area (Å²) in [5.41, 5.74) is 4.22. The van der Waals surface area contributed by atoms with E-state index in [1.54, 1.807) is 12.4 Å². The molecule has 0 aliphatic heterocycles. The lowest BCUT2D eigenvalue weighted by Gasteiger charge is -2.04. The van der Waals surface area contributed by atoms with Gasteiger partial charge in [-0.2, -0.15) is 0 Å². The minimum atomic E-state index is 0.799. The van der Waals surface area contributed by atoms with Crippen LogP contribution in [0.1, 0.15) is 0 Å². The number of para-hydroxylation sites is 1. The van der Waals surface area contributed by atoms with Crippen molar-refractivity contribution in [3.63, 3.8) is 0 Å². The molecular formula is C19H11N3O. The number of rotatable bonds is 1. The van der Waals surface area contributed by atoms with Gasteiger partial charge in [-0.3, -0.25) is 9.97 Å². The number of fused-ring (bicyclic) bond motifs is 4. The standard InChI is InChI=1S/C19H11N3O/c1-2-4-14-12(3-1)5-6-15(22-14)19-18-13-11-20-9-7-16(13)23-17(18)8-10-21-19/h1-11H. The highest BCUT2D eigenvalue weighted by molar-refractivity contribution is 6.10. The Balaban J connectivity index is 1.87. The Morgan fingerprint density at radius 2 is 1.74 bits per heavy atom. The van der Waals surface area contributed by atoms with E-state index < -0.39 is 0 Å². The van der Waals surface area contributed by atoms with E-state index in [4.69, 9.17) is 9.40 Å². The molecule has 4 heterocycles. The van der Waals surface area contributed by atoms with Crippen LogP contribution in [0.4, 0.5) is 0 Å². The normalized spacial score (nSPS) is 11.5. The second-order valence-electron chi connectivity index (χ2n) is 5.40. The molecule has 0 spiro atoms. The Bertz CT molecular complexity index is 1180. The van der Waals surface area contributed by atoms with Gasteiger partial charge in [0.05, 0.1) is 16.6 Å². The molecule has 0 atom stereocenters. The first-order chi connectivity index (χ1) is 11.4. The lowest BCUT2D eigenvalue weighted by Crippen LogP contribution is -1.89. The summed E-state index contributed by atoms with van der Waals surface area (Å²) in [6.45, 7) is 0. The molecule has 23 heavy (non-hydrogen) atoms. The van der Waals surface area contributed by atoms with Gasteiger partial charge in [0, 0.05) is 29.4 Å². The van der Waals surface area contributed by atoms with Gasteiger partial charge in [0.25, 0.3) is 0 Å². The molecule has 0 N–H and O–H groups in total. The molecular weight excluding hydrogens is 286 g/mol. The van der Waals surface area contributed by atoms with E-state index in [-0.39, 0.29) is 0 Å². The SMILES string of the molecule is c1ccc2nc(-c3nccc4oc5ccncc5c34)ccc2c1. The maximum absolute atomic E-state index is 5.89. The van der Waals surface area contributed by atoms with E-state index in [2.05, 4.69) is 22.1 Å². The molecule has 4 nitrogen and oxygen atoms in total. The average molecular weight is 297 g/mol. The van der Waals surface area contributed by atoms with Crippen LogP contribution in [0.3, 0.4) is 0 Å². The van der Waals surface area contributed by atoms with Crippen LogP contribution in [-0.4, -0.2) is 15.0 Å².